The number of rotatable bonds is 4. The highest BCUT2D eigenvalue weighted by Crippen LogP contribution is 2.14. The van der Waals surface area contributed by atoms with Crippen LogP contribution < -0.4 is 5.32 Å². The molecular weight excluding hydrogens is 302 g/mol. The van der Waals surface area contributed by atoms with Crippen LogP contribution in [0.3, 0.4) is 0 Å². The molecule has 1 unspecified atom stereocenters. The van der Waals surface area contributed by atoms with E-state index in [4.69, 9.17) is 0 Å². The number of aryl methyl sites for hydroxylation is 3. The molecule has 0 saturated carbocycles. The van der Waals surface area contributed by atoms with Gasteiger partial charge in [-0.1, -0.05) is 6.07 Å². The molecule has 0 bridgehead atoms. The van der Waals surface area contributed by atoms with Crippen LogP contribution in [0.4, 0.5) is 8.78 Å². The number of amides is 1. The number of carbonyl (C=O) groups excluding carboxylic acids is 1. The zero-order valence-corrected chi connectivity index (χ0v) is 12.6. The van der Waals surface area contributed by atoms with Gasteiger partial charge in [-0.2, -0.15) is 0 Å². The van der Waals surface area contributed by atoms with Crippen LogP contribution in [0.25, 0.3) is 0 Å². The van der Waals surface area contributed by atoms with Crippen molar-refractivity contribution in [1.29, 1.82) is 0 Å². The molecule has 23 heavy (non-hydrogen) atoms. The van der Waals surface area contributed by atoms with Gasteiger partial charge in [0.15, 0.2) is 11.6 Å². The van der Waals surface area contributed by atoms with Crippen molar-refractivity contribution in [2.45, 2.75) is 44.7 Å². The molecule has 1 N–H and O–H groups in total. The standard InChI is InChI=1S/C16H18F2N4O/c17-13-4-1-11(9-14(13)18)2-6-16(23)20-12-3-5-15-21-19-10-22(15)8-7-12/h1,4,9-10,12H,2-3,5-8H2,(H,20,23). The van der Waals surface area contributed by atoms with Gasteiger partial charge in [-0.15, -0.1) is 10.2 Å². The molecule has 2 aromatic rings. The van der Waals surface area contributed by atoms with Gasteiger partial charge in [-0.3, -0.25) is 4.79 Å². The summed E-state index contributed by atoms with van der Waals surface area (Å²) in [5.74, 6) is -0.876. The molecule has 122 valence electrons. The monoisotopic (exact) mass is 320 g/mol. The van der Waals surface area contributed by atoms with Crippen molar-refractivity contribution in [2.75, 3.05) is 0 Å². The van der Waals surface area contributed by atoms with Crippen LogP contribution in [-0.2, 0) is 24.2 Å². The van der Waals surface area contributed by atoms with Gasteiger partial charge < -0.3 is 9.88 Å². The lowest BCUT2D eigenvalue weighted by atomic mass is 10.1. The molecule has 0 aliphatic carbocycles. The van der Waals surface area contributed by atoms with Gasteiger partial charge in [-0.25, -0.2) is 8.78 Å². The summed E-state index contributed by atoms with van der Waals surface area (Å²) in [5, 5.41) is 10.9. The Bertz CT molecular complexity index is 679. The van der Waals surface area contributed by atoms with E-state index in [-0.39, 0.29) is 18.4 Å². The summed E-state index contributed by atoms with van der Waals surface area (Å²) in [4.78, 5) is 12.0. The molecule has 0 spiro atoms. The van der Waals surface area contributed by atoms with Crippen molar-refractivity contribution >= 4 is 5.91 Å². The summed E-state index contributed by atoms with van der Waals surface area (Å²) in [6, 6.07) is 3.83. The number of benzene rings is 1. The zero-order valence-electron chi connectivity index (χ0n) is 12.6. The van der Waals surface area contributed by atoms with Gasteiger partial charge in [0.2, 0.25) is 5.91 Å². The van der Waals surface area contributed by atoms with Crippen LogP contribution in [0.5, 0.6) is 0 Å². The van der Waals surface area contributed by atoms with Crippen molar-refractivity contribution in [3.63, 3.8) is 0 Å². The van der Waals surface area contributed by atoms with Gasteiger partial charge in [0.25, 0.3) is 0 Å². The molecule has 1 amide bonds. The lowest BCUT2D eigenvalue weighted by Crippen LogP contribution is -2.35. The Morgan fingerprint density at radius 3 is 3.00 bits per heavy atom. The van der Waals surface area contributed by atoms with Crippen LogP contribution in [0, 0.1) is 11.6 Å². The molecule has 3 rings (SSSR count). The van der Waals surface area contributed by atoms with E-state index in [2.05, 4.69) is 15.5 Å². The average molecular weight is 320 g/mol. The second kappa shape index (κ2) is 6.85. The van der Waals surface area contributed by atoms with Crippen molar-refractivity contribution < 1.29 is 13.6 Å². The third-order valence-corrected chi connectivity index (χ3v) is 4.12. The molecule has 2 heterocycles. The number of halogens is 2. The smallest absolute Gasteiger partial charge is 0.220 e. The lowest BCUT2D eigenvalue weighted by Gasteiger charge is -2.16. The maximum absolute atomic E-state index is 13.1. The Morgan fingerprint density at radius 2 is 2.17 bits per heavy atom. The van der Waals surface area contributed by atoms with E-state index in [1.54, 1.807) is 6.33 Å². The zero-order chi connectivity index (χ0) is 16.2. The second-order valence-electron chi connectivity index (χ2n) is 5.78. The highest BCUT2D eigenvalue weighted by molar-refractivity contribution is 5.76. The molecule has 1 atom stereocenters. The fourth-order valence-corrected chi connectivity index (χ4v) is 2.80. The van der Waals surface area contributed by atoms with E-state index in [0.717, 1.165) is 43.8 Å². The first-order valence-corrected chi connectivity index (χ1v) is 7.72. The number of aromatic nitrogens is 3. The quantitative estimate of drug-likeness (QED) is 0.937. The Labute approximate surface area is 132 Å². The minimum Gasteiger partial charge on any atom is -0.353 e. The number of hydrogen-bond donors (Lipinski definition) is 1. The minimum atomic E-state index is -0.880. The predicted molar refractivity (Wildman–Crippen MR) is 79.6 cm³/mol. The number of fused-ring (bicyclic) bond motifs is 1. The van der Waals surface area contributed by atoms with E-state index >= 15 is 0 Å². The first kappa shape index (κ1) is 15.6. The summed E-state index contributed by atoms with van der Waals surface area (Å²) < 4.78 is 28.0. The fraction of sp³-hybridized carbons (Fsp3) is 0.438. The Balaban J connectivity index is 1.48. The largest absolute Gasteiger partial charge is 0.353 e. The average Bonchev–Trinajstić information content (AvgIpc) is 2.91. The van der Waals surface area contributed by atoms with Gasteiger partial charge in [-0.05, 0) is 37.0 Å². The van der Waals surface area contributed by atoms with Crippen LogP contribution in [-0.4, -0.2) is 26.7 Å². The molecule has 7 heteroatoms. The summed E-state index contributed by atoms with van der Waals surface area (Å²) in [6.45, 7) is 0.788. The van der Waals surface area contributed by atoms with Crippen LogP contribution in [0.15, 0.2) is 24.5 Å². The first-order chi connectivity index (χ1) is 11.1. The highest BCUT2D eigenvalue weighted by Gasteiger charge is 2.18. The minimum absolute atomic E-state index is 0.0719. The molecule has 1 aromatic heterocycles. The third kappa shape index (κ3) is 3.91. The van der Waals surface area contributed by atoms with Crippen molar-refractivity contribution in [1.82, 2.24) is 20.1 Å². The Hall–Kier alpha value is -2.31. The molecule has 1 aromatic carbocycles. The van der Waals surface area contributed by atoms with Gasteiger partial charge in [0.05, 0.1) is 0 Å². The molecule has 1 aliphatic heterocycles. The third-order valence-electron chi connectivity index (χ3n) is 4.12. The van der Waals surface area contributed by atoms with Crippen LogP contribution in [0.2, 0.25) is 0 Å². The number of nitrogens with one attached hydrogen (secondary N) is 1. The maximum atomic E-state index is 13.1. The van der Waals surface area contributed by atoms with E-state index < -0.39 is 11.6 Å². The van der Waals surface area contributed by atoms with Crippen molar-refractivity contribution in [3.8, 4) is 0 Å². The summed E-state index contributed by atoms with van der Waals surface area (Å²) in [6.07, 6.45) is 4.81. The molecular formula is C16H18F2N4O. The molecule has 5 nitrogen and oxygen atoms in total. The molecule has 0 fully saturated rings. The Kier molecular flexibility index (Phi) is 4.64. The van der Waals surface area contributed by atoms with Gasteiger partial charge in [0.1, 0.15) is 12.2 Å². The molecule has 1 aliphatic rings. The normalized spacial score (nSPS) is 17.4. The van der Waals surface area contributed by atoms with E-state index in [1.165, 1.54) is 6.07 Å². The maximum Gasteiger partial charge on any atom is 0.220 e. The highest BCUT2D eigenvalue weighted by atomic mass is 19.2. The Morgan fingerprint density at radius 1 is 1.30 bits per heavy atom. The van der Waals surface area contributed by atoms with Crippen molar-refractivity contribution in [3.05, 3.63) is 47.5 Å². The second-order valence-corrected chi connectivity index (χ2v) is 5.78. The summed E-state index contributed by atoms with van der Waals surface area (Å²) in [5.41, 5.74) is 0.617. The van der Waals surface area contributed by atoms with Crippen LogP contribution >= 0.6 is 0 Å². The number of nitrogens with zero attached hydrogens (tertiary/aromatic N) is 3. The number of hydrogen-bond acceptors (Lipinski definition) is 3. The molecule has 0 radical (unpaired) electrons. The van der Waals surface area contributed by atoms with E-state index in [1.807, 2.05) is 4.57 Å². The van der Waals surface area contributed by atoms with E-state index in [0.29, 0.717) is 12.0 Å². The van der Waals surface area contributed by atoms with Gasteiger partial charge >= 0.3 is 0 Å². The lowest BCUT2D eigenvalue weighted by molar-refractivity contribution is -0.121. The van der Waals surface area contributed by atoms with Crippen LogP contribution in [0.1, 0.15) is 30.7 Å². The first-order valence-electron chi connectivity index (χ1n) is 7.72. The van der Waals surface area contributed by atoms with Gasteiger partial charge in [0, 0.05) is 25.4 Å². The predicted octanol–water partition coefficient (Wildman–Crippen LogP) is 2.01. The summed E-state index contributed by atoms with van der Waals surface area (Å²) in [7, 11) is 0. The fourth-order valence-electron chi connectivity index (χ4n) is 2.80. The van der Waals surface area contributed by atoms with Crippen molar-refractivity contribution in [2.24, 2.45) is 0 Å². The number of carbonyl (C=O) groups is 1. The summed E-state index contributed by atoms with van der Waals surface area (Å²) >= 11 is 0. The molecule has 0 saturated heterocycles. The van der Waals surface area contributed by atoms with E-state index in [9.17, 15) is 13.6 Å². The topological polar surface area (TPSA) is 59.8 Å². The SMILES string of the molecule is O=C(CCc1ccc(F)c(F)c1)NC1CCc2nncn2CC1.